The Labute approximate surface area is 174 Å². The second-order valence-electron chi connectivity index (χ2n) is 6.63. The zero-order chi connectivity index (χ0) is 21.7. The van der Waals surface area contributed by atoms with E-state index in [-0.39, 0.29) is 11.6 Å². The number of carbonyl (C=O) groups excluding carboxylic acids is 2. The van der Waals surface area contributed by atoms with Gasteiger partial charge in [-0.15, -0.1) is 0 Å². The Bertz CT molecular complexity index is 1130. The van der Waals surface area contributed by atoms with E-state index in [9.17, 15) is 9.59 Å². The average Bonchev–Trinajstić information content (AvgIpc) is 3.20. The molecule has 2 heterocycles. The third-order valence-electron chi connectivity index (χ3n) is 4.51. The maximum atomic E-state index is 12.5. The molecule has 0 atom stereocenters. The highest BCUT2D eigenvalue weighted by Crippen LogP contribution is 2.23. The minimum absolute atomic E-state index is 0.231. The molecule has 0 bridgehead atoms. The number of aromatic nitrogens is 3. The number of aryl methyl sites for hydroxylation is 2. The molecule has 8 heteroatoms. The molecule has 2 amide bonds. The molecular weight excluding hydrogens is 380 g/mol. The minimum atomic E-state index is -0.398. The van der Waals surface area contributed by atoms with Gasteiger partial charge >= 0.3 is 0 Å². The Morgan fingerprint density at radius 3 is 2.53 bits per heavy atom. The number of amides is 2. The summed E-state index contributed by atoms with van der Waals surface area (Å²) in [4.78, 5) is 32.0. The van der Waals surface area contributed by atoms with Crippen molar-refractivity contribution in [3.05, 3.63) is 77.1 Å². The molecule has 3 aromatic rings. The SMILES string of the molecule is C=N/C(=C\c1cc(-c2cnn(C)c2)ccc1C)NC(=O)c1ccc(C(=O)NC)nc1. The quantitative estimate of drug-likeness (QED) is 0.619. The monoisotopic (exact) mass is 402 g/mol. The van der Waals surface area contributed by atoms with E-state index in [2.05, 4.69) is 32.4 Å². The van der Waals surface area contributed by atoms with E-state index in [1.165, 1.54) is 25.4 Å². The number of nitrogens with zero attached hydrogens (tertiary/aromatic N) is 4. The first kappa shape index (κ1) is 20.7. The van der Waals surface area contributed by atoms with Crippen molar-refractivity contribution < 1.29 is 9.59 Å². The van der Waals surface area contributed by atoms with Crippen LogP contribution < -0.4 is 10.6 Å². The van der Waals surface area contributed by atoms with E-state index < -0.39 is 5.91 Å². The van der Waals surface area contributed by atoms with Crippen LogP contribution in [-0.4, -0.2) is 40.3 Å². The van der Waals surface area contributed by atoms with Gasteiger partial charge in [-0.2, -0.15) is 5.10 Å². The van der Waals surface area contributed by atoms with Crippen molar-refractivity contribution in [2.75, 3.05) is 7.05 Å². The lowest BCUT2D eigenvalue weighted by Gasteiger charge is -2.08. The van der Waals surface area contributed by atoms with Gasteiger partial charge in [0.2, 0.25) is 0 Å². The number of hydrogen-bond acceptors (Lipinski definition) is 5. The van der Waals surface area contributed by atoms with Crippen LogP contribution in [0.1, 0.15) is 32.0 Å². The smallest absolute Gasteiger partial charge is 0.269 e. The molecule has 0 unspecified atom stereocenters. The number of rotatable bonds is 6. The lowest BCUT2D eigenvalue weighted by atomic mass is 10.0. The summed E-state index contributed by atoms with van der Waals surface area (Å²) in [5.74, 6) is -0.410. The average molecular weight is 402 g/mol. The van der Waals surface area contributed by atoms with Gasteiger partial charge in [0, 0.05) is 32.1 Å². The molecule has 0 fully saturated rings. The second kappa shape index (κ2) is 8.95. The fourth-order valence-corrected chi connectivity index (χ4v) is 2.79. The third kappa shape index (κ3) is 4.67. The lowest BCUT2D eigenvalue weighted by molar-refractivity contribution is 0.0948. The fourth-order valence-electron chi connectivity index (χ4n) is 2.79. The first-order valence-corrected chi connectivity index (χ1v) is 9.19. The number of nitrogens with one attached hydrogen (secondary N) is 2. The van der Waals surface area contributed by atoms with Gasteiger partial charge < -0.3 is 10.6 Å². The van der Waals surface area contributed by atoms with Crippen LogP contribution in [0, 0.1) is 6.92 Å². The highest BCUT2D eigenvalue weighted by Gasteiger charge is 2.11. The van der Waals surface area contributed by atoms with Crippen molar-refractivity contribution in [1.82, 2.24) is 25.4 Å². The molecule has 0 aliphatic carbocycles. The van der Waals surface area contributed by atoms with Gasteiger partial charge in [-0.1, -0.05) is 12.1 Å². The van der Waals surface area contributed by atoms with E-state index in [4.69, 9.17) is 0 Å². The summed E-state index contributed by atoms with van der Waals surface area (Å²) in [7, 11) is 3.38. The molecule has 0 spiro atoms. The van der Waals surface area contributed by atoms with Crippen LogP contribution in [0.4, 0.5) is 0 Å². The zero-order valence-corrected chi connectivity index (χ0v) is 17.0. The van der Waals surface area contributed by atoms with Gasteiger partial charge in [-0.3, -0.25) is 19.3 Å². The van der Waals surface area contributed by atoms with Gasteiger partial charge in [-0.05, 0) is 54.6 Å². The van der Waals surface area contributed by atoms with Crippen LogP contribution in [0.3, 0.4) is 0 Å². The molecule has 2 aromatic heterocycles. The zero-order valence-electron chi connectivity index (χ0n) is 17.0. The van der Waals surface area contributed by atoms with Crippen LogP contribution in [0.5, 0.6) is 0 Å². The van der Waals surface area contributed by atoms with Gasteiger partial charge in [0.15, 0.2) is 0 Å². The molecule has 0 saturated carbocycles. The highest BCUT2D eigenvalue weighted by atomic mass is 16.2. The van der Waals surface area contributed by atoms with Crippen molar-refractivity contribution >= 4 is 24.6 Å². The van der Waals surface area contributed by atoms with Crippen LogP contribution in [0.25, 0.3) is 17.2 Å². The second-order valence-corrected chi connectivity index (χ2v) is 6.63. The minimum Gasteiger partial charge on any atom is -0.354 e. The maximum Gasteiger partial charge on any atom is 0.269 e. The summed E-state index contributed by atoms with van der Waals surface area (Å²) >= 11 is 0. The Balaban J connectivity index is 1.82. The molecule has 0 saturated heterocycles. The molecule has 0 aliphatic heterocycles. The molecule has 0 radical (unpaired) electrons. The summed E-state index contributed by atoms with van der Waals surface area (Å²) < 4.78 is 1.74. The topological polar surface area (TPSA) is 101 Å². The molecule has 1 aromatic carbocycles. The predicted octanol–water partition coefficient (Wildman–Crippen LogP) is 2.58. The molecular formula is C22H22N6O2. The largest absolute Gasteiger partial charge is 0.354 e. The van der Waals surface area contributed by atoms with Crippen LogP contribution >= 0.6 is 0 Å². The van der Waals surface area contributed by atoms with Crippen molar-refractivity contribution in [1.29, 1.82) is 0 Å². The van der Waals surface area contributed by atoms with Crippen LogP contribution in [0.15, 0.2) is 59.7 Å². The third-order valence-corrected chi connectivity index (χ3v) is 4.51. The fraction of sp³-hybridized carbons (Fsp3) is 0.136. The van der Waals surface area contributed by atoms with Crippen molar-refractivity contribution in [2.24, 2.45) is 12.0 Å². The van der Waals surface area contributed by atoms with E-state index in [0.29, 0.717) is 11.4 Å². The van der Waals surface area contributed by atoms with E-state index in [1.807, 2.05) is 38.4 Å². The molecule has 0 aliphatic rings. The van der Waals surface area contributed by atoms with Crippen molar-refractivity contribution in [2.45, 2.75) is 6.92 Å². The summed E-state index contributed by atoms with van der Waals surface area (Å²) in [5, 5.41) is 9.40. The summed E-state index contributed by atoms with van der Waals surface area (Å²) in [6.45, 7) is 5.53. The number of carbonyl (C=O) groups is 2. The van der Waals surface area contributed by atoms with E-state index >= 15 is 0 Å². The van der Waals surface area contributed by atoms with Crippen LogP contribution in [0.2, 0.25) is 0 Å². The van der Waals surface area contributed by atoms with Gasteiger partial charge in [0.05, 0.1) is 11.8 Å². The number of pyridine rings is 1. The Kier molecular flexibility index (Phi) is 6.17. The standard InChI is InChI=1S/C22H22N6O2/c1-14-5-6-15(18-12-26-28(4)13-18)9-17(14)10-20(23-2)27-21(29)16-7-8-19(25-11-16)22(30)24-3/h5-13H,2H2,1,3-4H3,(H,24,30)(H,27,29)/b20-10+. The maximum absolute atomic E-state index is 12.5. The van der Waals surface area contributed by atoms with Gasteiger partial charge in [0.1, 0.15) is 11.5 Å². The summed E-state index contributed by atoms with van der Waals surface area (Å²) in [6, 6.07) is 9.03. The highest BCUT2D eigenvalue weighted by molar-refractivity contribution is 5.97. The summed E-state index contributed by atoms with van der Waals surface area (Å²) in [5.41, 5.74) is 4.45. The molecule has 8 nitrogen and oxygen atoms in total. The molecule has 3 rings (SSSR count). The van der Waals surface area contributed by atoms with Crippen LogP contribution in [-0.2, 0) is 7.05 Å². The summed E-state index contributed by atoms with van der Waals surface area (Å²) in [6.07, 6.45) is 6.82. The first-order valence-electron chi connectivity index (χ1n) is 9.19. The van der Waals surface area contributed by atoms with Gasteiger partial charge in [-0.25, -0.2) is 4.99 Å². The Hall–Kier alpha value is -4.07. The normalized spacial score (nSPS) is 11.1. The molecule has 30 heavy (non-hydrogen) atoms. The van der Waals surface area contributed by atoms with Gasteiger partial charge in [0.25, 0.3) is 11.8 Å². The number of aliphatic imine (C=N–C) groups is 1. The Morgan fingerprint density at radius 1 is 1.13 bits per heavy atom. The molecule has 152 valence electrons. The first-order chi connectivity index (χ1) is 14.4. The Morgan fingerprint density at radius 2 is 1.93 bits per heavy atom. The van der Waals surface area contributed by atoms with Crippen molar-refractivity contribution in [3.8, 4) is 11.1 Å². The molecule has 2 N–H and O–H groups in total. The number of hydrogen-bond donors (Lipinski definition) is 2. The predicted molar refractivity (Wildman–Crippen MR) is 116 cm³/mol. The lowest BCUT2D eigenvalue weighted by Crippen LogP contribution is -2.23. The van der Waals surface area contributed by atoms with E-state index in [0.717, 1.165) is 22.3 Å². The number of benzene rings is 1. The van der Waals surface area contributed by atoms with E-state index in [1.54, 1.807) is 17.0 Å². The van der Waals surface area contributed by atoms with Crippen molar-refractivity contribution in [3.63, 3.8) is 0 Å².